The van der Waals surface area contributed by atoms with Gasteiger partial charge in [-0.3, -0.25) is 4.99 Å². The highest BCUT2D eigenvalue weighted by Gasteiger charge is 2.23. The lowest BCUT2D eigenvalue weighted by molar-refractivity contribution is 0.550. The van der Waals surface area contributed by atoms with Crippen LogP contribution >= 0.6 is 11.8 Å². The van der Waals surface area contributed by atoms with Gasteiger partial charge in [0.25, 0.3) is 0 Å². The molecule has 0 N–H and O–H groups in total. The summed E-state index contributed by atoms with van der Waals surface area (Å²) in [5, 5.41) is 7.73. The third kappa shape index (κ3) is 2.11. The Morgan fingerprint density at radius 2 is 2.00 bits per heavy atom. The van der Waals surface area contributed by atoms with E-state index in [1.165, 1.54) is 5.56 Å². The number of thioether (sulfide) groups is 1. The van der Waals surface area contributed by atoms with E-state index in [9.17, 15) is 0 Å². The topological polar surface area (TPSA) is 28.0 Å². The molecule has 0 spiro atoms. The molecule has 1 aromatic rings. The summed E-state index contributed by atoms with van der Waals surface area (Å²) in [4.78, 5) is 4.21. The second-order valence-electron chi connectivity index (χ2n) is 3.64. The van der Waals surface area contributed by atoms with Crippen LogP contribution in [0.3, 0.4) is 0 Å². The molecule has 0 aromatic heterocycles. The molecule has 1 aromatic carbocycles. The largest absolute Gasteiger partial charge is 0.264 e. The number of hydrogen-bond acceptors (Lipinski definition) is 3. The third-order valence-electron chi connectivity index (χ3n) is 2.46. The lowest BCUT2D eigenvalue weighted by atomic mass is 10.1. The van der Waals surface area contributed by atoms with Gasteiger partial charge in [-0.25, -0.2) is 5.01 Å². The summed E-state index contributed by atoms with van der Waals surface area (Å²) in [6.07, 6.45) is 0. The Morgan fingerprint density at radius 3 is 2.62 bits per heavy atom. The van der Waals surface area contributed by atoms with Gasteiger partial charge in [-0.2, -0.15) is 5.10 Å². The predicted molar refractivity (Wildman–Crippen MR) is 71.2 cm³/mol. The first-order chi connectivity index (χ1) is 7.72. The van der Waals surface area contributed by atoms with Crippen LogP contribution in [-0.2, 0) is 0 Å². The van der Waals surface area contributed by atoms with E-state index in [1.807, 2.05) is 30.3 Å². The summed E-state index contributed by atoms with van der Waals surface area (Å²) in [5.41, 5.74) is 2.30. The van der Waals surface area contributed by atoms with Crippen LogP contribution < -0.4 is 0 Å². The first kappa shape index (κ1) is 11.2. The fourth-order valence-electron chi connectivity index (χ4n) is 1.67. The van der Waals surface area contributed by atoms with Crippen molar-refractivity contribution in [2.75, 3.05) is 14.1 Å². The van der Waals surface area contributed by atoms with Crippen LogP contribution in [0, 0.1) is 0 Å². The molecule has 1 unspecified atom stereocenters. The van der Waals surface area contributed by atoms with Gasteiger partial charge >= 0.3 is 0 Å². The number of nitrogens with zero attached hydrogens (tertiary/aromatic N) is 3. The average Bonchev–Trinajstić information content (AvgIpc) is 2.32. The minimum atomic E-state index is 0.345. The Balaban J connectivity index is 2.36. The lowest BCUT2D eigenvalue weighted by Gasteiger charge is -2.26. The third-order valence-corrected chi connectivity index (χ3v) is 3.70. The van der Waals surface area contributed by atoms with E-state index in [0.29, 0.717) is 5.25 Å². The van der Waals surface area contributed by atoms with Crippen LogP contribution in [-0.4, -0.2) is 35.2 Å². The van der Waals surface area contributed by atoms with E-state index in [-0.39, 0.29) is 0 Å². The van der Waals surface area contributed by atoms with E-state index < -0.39 is 0 Å². The van der Waals surface area contributed by atoms with Crippen LogP contribution in [0.15, 0.2) is 40.4 Å². The molecular formula is C12H15N3S. The summed E-state index contributed by atoms with van der Waals surface area (Å²) in [5.74, 6) is 0. The molecule has 16 heavy (non-hydrogen) atoms. The van der Waals surface area contributed by atoms with Crippen molar-refractivity contribution in [2.24, 2.45) is 10.1 Å². The molecule has 0 amide bonds. The molecule has 1 atom stereocenters. The van der Waals surface area contributed by atoms with Crippen molar-refractivity contribution in [3.63, 3.8) is 0 Å². The first-order valence-corrected chi connectivity index (χ1v) is 6.11. The number of hydrazone groups is 1. The summed E-state index contributed by atoms with van der Waals surface area (Å²) in [6, 6.07) is 10.3. The van der Waals surface area contributed by atoms with Gasteiger partial charge in [-0.15, -0.1) is 0 Å². The van der Waals surface area contributed by atoms with Crippen LogP contribution in [0.1, 0.15) is 12.5 Å². The Morgan fingerprint density at radius 1 is 1.31 bits per heavy atom. The Bertz CT molecular complexity index is 425. The van der Waals surface area contributed by atoms with Gasteiger partial charge in [0.05, 0.1) is 11.0 Å². The maximum atomic E-state index is 4.58. The van der Waals surface area contributed by atoms with Crippen molar-refractivity contribution in [2.45, 2.75) is 12.2 Å². The molecule has 84 valence electrons. The SMILES string of the molecule is CN=C1SC(C)C(c2ccccc2)=NN1C. The highest BCUT2D eigenvalue weighted by molar-refractivity contribution is 8.15. The van der Waals surface area contributed by atoms with Gasteiger partial charge in [0.1, 0.15) is 0 Å². The highest BCUT2D eigenvalue weighted by atomic mass is 32.2. The smallest absolute Gasteiger partial charge is 0.179 e. The number of amidine groups is 1. The first-order valence-electron chi connectivity index (χ1n) is 5.23. The number of hydrogen-bond donors (Lipinski definition) is 0. The van der Waals surface area contributed by atoms with Crippen molar-refractivity contribution in [3.05, 3.63) is 35.9 Å². The molecule has 0 bridgehead atoms. The summed E-state index contributed by atoms with van der Waals surface area (Å²) in [6.45, 7) is 2.16. The molecule has 0 aliphatic carbocycles. The molecule has 0 fully saturated rings. The predicted octanol–water partition coefficient (Wildman–Crippen LogP) is 2.44. The van der Waals surface area contributed by atoms with Gasteiger partial charge in [0.2, 0.25) is 0 Å². The van der Waals surface area contributed by atoms with Crippen molar-refractivity contribution >= 4 is 22.6 Å². The van der Waals surface area contributed by atoms with E-state index in [0.717, 1.165) is 10.9 Å². The fourth-order valence-corrected chi connectivity index (χ4v) is 2.58. The number of aliphatic imine (C=N–C) groups is 1. The van der Waals surface area contributed by atoms with Crippen molar-refractivity contribution in [3.8, 4) is 0 Å². The molecule has 1 heterocycles. The van der Waals surface area contributed by atoms with Gasteiger partial charge < -0.3 is 0 Å². The van der Waals surface area contributed by atoms with Gasteiger partial charge in [0.15, 0.2) is 5.17 Å². The minimum absolute atomic E-state index is 0.345. The monoisotopic (exact) mass is 233 g/mol. The molecule has 0 saturated heterocycles. The van der Waals surface area contributed by atoms with Gasteiger partial charge in [0, 0.05) is 14.1 Å². The average molecular weight is 233 g/mol. The van der Waals surface area contributed by atoms with Crippen molar-refractivity contribution in [1.82, 2.24) is 5.01 Å². The quantitative estimate of drug-likeness (QED) is 0.745. The molecule has 1 aliphatic rings. The van der Waals surface area contributed by atoms with Crippen LogP contribution in [0.4, 0.5) is 0 Å². The number of rotatable bonds is 1. The van der Waals surface area contributed by atoms with E-state index in [1.54, 1.807) is 18.8 Å². The molecular weight excluding hydrogens is 218 g/mol. The normalized spacial score (nSPS) is 23.4. The fraction of sp³-hybridized carbons (Fsp3) is 0.333. The molecule has 4 heteroatoms. The molecule has 2 rings (SSSR count). The molecule has 1 aliphatic heterocycles. The highest BCUT2D eigenvalue weighted by Crippen LogP contribution is 2.25. The van der Waals surface area contributed by atoms with E-state index in [2.05, 4.69) is 29.2 Å². The molecule has 3 nitrogen and oxygen atoms in total. The molecule has 0 radical (unpaired) electrons. The second kappa shape index (κ2) is 4.70. The second-order valence-corrected chi connectivity index (χ2v) is 4.95. The number of benzene rings is 1. The Labute approximate surface area is 100 Å². The van der Waals surface area contributed by atoms with Crippen LogP contribution in [0.25, 0.3) is 0 Å². The van der Waals surface area contributed by atoms with Crippen molar-refractivity contribution in [1.29, 1.82) is 0 Å². The van der Waals surface area contributed by atoms with Crippen molar-refractivity contribution < 1.29 is 0 Å². The van der Waals surface area contributed by atoms with Crippen LogP contribution in [0.5, 0.6) is 0 Å². The maximum Gasteiger partial charge on any atom is 0.179 e. The zero-order valence-corrected chi connectivity index (χ0v) is 10.5. The summed E-state index contributed by atoms with van der Waals surface area (Å²) >= 11 is 1.74. The Hall–Kier alpha value is -1.29. The minimum Gasteiger partial charge on any atom is -0.264 e. The summed E-state index contributed by atoms with van der Waals surface area (Å²) < 4.78 is 0. The van der Waals surface area contributed by atoms with Gasteiger partial charge in [-0.1, -0.05) is 42.1 Å². The maximum absolute atomic E-state index is 4.58. The zero-order valence-electron chi connectivity index (χ0n) is 9.71. The standard InChI is InChI=1S/C12H15N3S/c1-9-11(10-7-5-4-6-8-10)14-15(3)12(13-2)16-9/h4-9H,1-3H3. The summed E-state index contributed by atoms with van der Waals surface area (Å²) in [7, 11) is 3.73. The van der Waals surface area contributed by atoms with Gasteiger partial charge in [-0.05, 0) is 12.5 Å². The van der Waals surface area contributed by atoms with Crippen LogP contribution in [0.2, 0.25) is 0 Å². The van der Waals surface area contributed by atoms with E-state index in [4.69, 9.17) is 0 Å². The molecule has 0 saturated carbocycles. The van der Waals surface area contributed by atoms with E-state index >= 15 is 0 Å². The lowest BCUT2D eigenvalue weighted by Crippen LogP contribution is -2.32. The zero-order chi connectivity index (χ0) is 11.5. The Kier molecular flexibility index (Phi) is 3.29.